The van der Waals surface area contributed by atoms with Crippen LogP contribution in [-0.4, -0.2) is 42.9 Å². The predicted molar refractivity (Wildman–Crippen MR) is 124 cm³/mol. The summed E-state index contributed by atoms with van der Waals surface area (Å²) in [5, 5.41) is 2.64. The number of nitrogens with zero attached hydrogens (tertiary/aromatic N) is 3. The molecule has 2 N–H and O–H groups in total. The Labute approximate surface area is 189 Å². The third-order valence-corrected chi connectivity index (χ3v) is 8.46. The number of nitrogens with one attached hydrogen (secondary N) is 2. The molecule has 1 fully saturated rings. The van der Waals surface area contributed by atoms with Gasteiger partial charge in [-0.3, -0.25) is 4.79 Å². The number of aryl methyl sites for hydroxylation is 1. The zero-order valence-corrected chi connectivity index (χ0v) is 19.2. The largest absolute Gasteiger partial charge is 0.340 e. The number of benzene rings is 1. The van der Waals surface area contributed by atoms with E-state index in [1.807, 2.05) is 29.9 Å². The summed E-state index contributed by atoms with van der Waals surface area (Å²) in [6, 6.07) is 6.83. The molecule has 3 atom stereocenters. The maximum Gasteiger partial charge on any atom is 0.242 e. The number of carbonyl (C=O) groups excluding carboxylic acids is 1. The number of carbonyl (C=O) groups is 1. The quantitative estimate of drug-likeness (QED) is 0.560. The third kappa shape index (κ3) is 4.53. The van der Waals surface area contributed by atoms with E-state index in [1.165, 1.54) is 33.8 Å². The van der Waals surface area contributed by atoms with E-state index in [-0.39, 0.29) is 17.0 Å². The summed E-state index contributed by atoms with van der Waals surface area (Å²) in [5.41, 5.74) is 1.22. The van der Waals surface area contributed by atoms with E-state index >= 15 is 0 Å². The van der Waals surface area contributed by atoms with Crippen LogP contribution in [0.2, 0.25) is 5.02 Å². The number of anilines is 1. The van der Waals surface area contributed by atoms with Crippen molar-refractivity contribution in [2.75, 3.05) is 12.4 Å². The monoisotopic (exact) mass is 481 g/mol. The van der Waals surface area contributed by atoms with Crippen molar-refractivity contribution < 1.29 is 13.4 Å². The van der Waals surface area contributed by atoms with Crippen LogP contribution in [0.3, 0.4) is 0 Å². The number of aromatic nitrogens is 2. The van der Waals surface area contributed by atoms with Crippen molar-refractivity contribution >= 4 is 50.3 Å². The first-order valence-electron chi connectivity index (χ1n) is 9.35. The minimum Gasteiger partial charge on any atom is -0.340 e. The Morgan fingerprint density at radius 3 is 2.84 bits per heavy atom. The standard InChI is InChI=1S/C20H21ClFN5O2S2/c1-26-10-16(23-11-26)19-7-6-18(30-19)15-9-17(27(2)31(3,29)25-15)20(28)24-12-4-5-14(22)13(21)8-12/h4-8,10-11,15,17H,3,9H2,1-2H3,(H,24,28)(H,25,29). The summed E-state index contributed by atoms with van der Waals surface area (Å²) < 4.78 is 32.9. The normalized spacial score (nSPS) is 24.3. The second-order valence-electron chi connectivity index (χ2n) is 7.35. The smallest absolute Gasteiger partial charge is 0.242 e. The fraction of sp³-hybridized carbons (Fsp3) is 0.250. The van der Waals surface area contributed by atoms with Gasteiger partial charge >= 0.3 is 0 Å². The molecule has 7 nitrogen and oxygen atoms in total. The van der Waals surface area contributed by atoms with Gasteiger partial charge in [0.25, 0.3) is 0 Å². The van der Waals surface area contributed by atoms with Gasteiger partial charge in [0.05, 0.1) is 37.9 Å². The lowest BCUT2D eigenvalue weighted by atomic mass is 10.1. The van der Waals surface area contributed by atoms with Crippen LogP contribution >= 0.6 is 22.9 Å². The molecule has 1 aliphatic heterocycles. The molecule has 0 aliphatic carbocycles. The van der Waals surface area contributed by atoms with Gasteiger partial charge in [0.2, 0.25) is 5.91 Å². The molecule has 11 heteroatoms. The Balaban J connectivity index is 1.57. The highest BCUT2D eigenvalue weighted by molar-refractivity contribution is 7.96. The summed E-state index contributed by atoms with van der Waals surface area (Å²) >= 11 is 7.33. The molecule has 3 unspecified atom stereocenters. The highest BCUT2D eigenvalue weighted by atomic mass is 35.5. The van der Waals surface area contributed by atoms with E-state index in [4.69, 9.17) is 11.6 Å². The Morgan fingerprint density at radius 2 is 2.16 bits per heavy atom. The summed E-state index contributed by atoms with van der Waals surface area (Å²) in [5.74, 6) is 2.87. The topological polar surface area (TPSA) is 79.3 Å². The molecular formula is C20H21ClFN5O2S2. The molecule has 164 valence electrons. The fourth-order valence-electron chi connectivity index (χ4n) is 3.39. The molecule has 0 spiro atoms. The lowest BCUT2D eigenvalue weighted by Gasteiger charge is -2.39. The Bertz CT molecular complexity index is 1240. The molecule has 3 aromatic rings. The summed E-state index contributed by atoms with van der Waals surface area (Å²) in [6.07, 6.45) is 4.03. The van der Waals surface area contributed by atoms with Crippen molar-refractivity contribution in [2.45, 2.75) is 18.5 Å². The van der Waals surface area contributed by atoms with Crippen LogP contribution in [0, 0.1) is 5.82 Å². The van der Waals surface area contributed by atoms with Gasteiger partial charge in [0.15, 0.2) is 0 Å². The van der Waals surface area contributed by atoms with Crippen molar-refractivity contribution in [3.63, 3.8) is 0 Å². The molecule has 4 rings (SSSR count). The van der Waals surface area contributed by atoms with Gasteiger partial charge in [-0.05, 0) is 42.6 Å². The van der Waals surface area contributed by atoms with Crippen LogP contribution in [-0.2, 0) is 21.7 Å². The molecule has 1 aliphatic rings. The SMILES string of the molecule is C=S1(=O)NC(c2ccc(-c3cn(C)cn3)s2)CC(C(=O)Nc2ccc(F)c(Cl)c2)N1C. The molecular weight excluding hydrogens is 461 g/mol. The van der Waals surface area contributed by atoms with Crippen molar-refractivity contribution in [2.24, 2.45) is 7.05 Å². The van der Waals surface area contributed by atoms with E-state index in [1.54, 1.807) is 13.4 Å². The molecule has 3 heterocycles. The Kier molecular flexibility index (Phi) is 5.93. The molecule has 31 heavy (non-hydrogen) atoms. The second kappa shape index (κ2) is 8.36. The lowest BCUT2D eigenvalue weighted by molar-refractivity contribution is -0.120. The van der Waals surface area contributed by atoms with Crippen LogP contribution in [0.5, 0.6) is 0 Å². The van der Waals surface area contributed by atoms with E-state index in [0.29, 0.717) is 12.1 Å². The van der Waals surface area contributed by atoms with Crippen molar-refractivity contribution in [1.29, 1.82) is 0 Å². The number of likely N-dealkylation sites (N-methyl/N-ethyl adjacent to an activating group) is 1. The predicted octanol–water partition coefficient (Wildman–Crippen LogP) is 3.46. The number of amides is 1. The van der Waals surface area contributed by atoms with Gasteiger partial charge in [-0.1, -0.05) is 11.6 Å². The molecule has 1 saturated heterocycles. The van der Waals surface area contributed by atoms with Crippen molar-refractivity contribution in [3.05, 3.63) is 58.6 Å². The van der Waals surface area contributed by atoms with Gasteiger partial charge in [-0.15, -0.1) is 11.3 Å². The van der Waals surface area contributed by atoms with E-state index in [0.717, 1.165) is 15.4 Å². The van der Waals surface area contributed by atoms with E-state index < -0.39 is 21.8 Å². The van der Waals surface area contributed by atoms with Crippen LogP contribution < -0.4 is 10.0 Å². The van der Waals surface area contributed by atoms with Gasteiger partial charge in [-0.2, -0.15) is 0 Å². The number of thiophene rings is 1. The number of hydrogen-bond donors (Lipinski definition) is 2. The van der Waals surface area contributed by atoms with Crippen LogP contribution in [0.4, 0.5) is 10.1 Å². The molecule has 2 aromatic heterocycles. The minimum absolute atomic E-state index is 0.0871. The first-order chi connectivity index (χ1) is 14.6. The van der Waals surface area contributed by atoms with Gasteiger partial charge in [-0.25, -0.2) is 22.6 Å². The van der Waals surface area contributed by atoms with Crippen molar-refractivity contribution in [1.82, 2.24) is 18.6 Å². The number of imidazole rings is 1. The van der Waals surface area contributed by atoms with Crippen LogP contribution in [0.1, 0.15) is 17.3 Å². The average molecular weight is 482 g/mol. The summed E-state index contributed by atoms with van der Waals surface area (Å²) in [7, 11) is 0.605. The zero-order chi connectivity index (χ0) is 22.3. The summed E-state index contributed by atoms with van der Waals surface area (Å²) in [4.78, 5) is 19.3. The molecule has 0 bridgehead atoms. The zero-order valence-electron chi connectivity index (χ0n) is 16.8. The highest BCUT2D eigenvalue weighted by Crippen LogP contribution is 2.35. The number of halogens is 2. The minimum atomic E-state index is -2.89. The Hall–Kier alpha value is -2.24. The number of hydrogen-bond acceptors (Lipinski definition) is 4. The van der Waals surface area contributed by atoms with Crippen LogP contribution in [0.25, 0.3) is 10.6 Å². The summed E-state index contributed by atoms with van der Waals surface area (Å²) in [6.45, 7) is 0. The van der Waals surface area contributed by atoms with Crippen molar-refractivity contribution in [3.8, 4) is 10.6 Å². The maximum absolute atomic E-state index is 13.4. The lowest BCUT2D eigenvalue weighted by Crippen LogP contribution is -2.55. The molecule has 1 amide bonds. The van der Waals surface area contributed by atoms with Gasteiger partial charge in [0.1, 0.15) is 11.9 Å². The number of rotatable bonds is 4. The third-order valence-electron chi connectivity index (χ3n) is 5.11. The van der Waals surface area contributed by atoms with Gasteiger partial charge < -0.3 is 9.88 Å². The fourth-order valence-corrected chi connectivity index (χ4v) is 6.11. The molecule has 0 saturated carbocycles. The first-order valence-corrected chi connectivity index (χ1v) is 12.2. The Morgan fingerprint density at radius 1 is 1.39 bits per heavy atom. The van der Waals surface area contributed by atoms with Gasteiger partial charge in [0, 0.05) is 30.9 Å². The second-order valence-corrected chi connectivity index (χ2v) is 11.0. The highest BCUT2D eigenvalue weighted by Gasteiger charge is 2.38. The first kappa shape index (κ1) is 22.0. The van der Waals surface area contributed by atoms with E-state index in [9.17, 15) is 13.4 Å². The van der Waals surface area contributed by atoms with E-state index in [2.05, 4.69) is 20.9 Å². The maximum atomic E-state index is 13.4. The molecule has 0 radical (unpaired) electrons. The van der Waals surface area contributed by atoms with Crippen LogP contribution in [0.15, 0.2) is 42.9 Å². The average Bonchev–Trinajstić information content (AvgIpc) is 3.35. The molecule has 1 aromatic carbocycles.